The Balaban J connectivity index is 1.53. The molecule has 0 bridgehead atoms. The van der Waals surface area contributed by atoms with Crippen LogP contribution in [-0.2, 0) is 20.7 Å². The molecule has 0 spiro atoms. The quantitative estimate of drug-likeness (QED) is 0.317. The van der Waals surface area contributed by atoms with Gasteiger partial charge in [0.1, 0.15) is 5.82 Å². The summed E-state index contributed by atoms with van der Waals surface area (Å²) < 4.78 is 11.1. The predicted octanol–water partition coefficient (Wildman–Crippen LogP) is 4.05. The molecule has 10 heteroatoms. The van der Waals surface area contributed by atoms with E-state index in [2.05, 4.69) is 30.8 Å². The van der Waals surface area contributed by atoms with Crippen LogP contribution in [0.25, 0.3) is 22.6 Å². The number of benzene rings is 2. The highest BCUT2D eigenvalue weighted by Gasteiger charge is 2.24. The van der Waals surface area contributed by atoms with E-state index < -0.39 is 0 Å². The molecule has 0 atom stereocenters. The number of nitrogens with one attached hydrogen (secondary N) is 2. The number of pyridine rings is 1. The van der Waals surface area contributed by atoms with E-state index in [-0.39, 0.29) is 18.4 Å². The number of methoxy groups -OCH3 is 1. The topological polar surface area (TPSA) is 118 Å². The fourth-order valence-corrected chi connectivity index (χ4v) is 4.83. The molecule has 0 unspecified atom stereocenters. The number of amides is 1. The number of carbonyl (C=O) groups is 1. The molecule has 0 radical (unpaired) electrons. The van der Waals surface area contributed by atoms with E-state index in [0.717, 1.165) is 52.3 Å². The van der Waals surface area contributed by atoms with Crippen molar-refractivity contribution in [2.45, 2.75) is 32.2 Å². The lowest BCUT2D eigenvalue weighted by atomic mass is 10.0. The highest BCUT2D eigenvalue weighted by atomic mass is 16.5. The average molecular weight is 528 g/mol. The van der Waals surface area contributed by atoms with E-state index >= 15 is 0 Å². The Morgan fingerprint density at radius 1 is 1.10 bits per heavy atom. The van der Waals surface area contributed by atoms with Gasteiger partial charge < -0.3 is 19.7 Å². The summed E-state index contributed by atoms with van der Waals surface area (Å²) in [5.74, 6) is 1.19. The third kappa shape index (κ3) is 6.65. The zero-order valence-electron chi connectivity index (χ0n) is 22.3. The van der Waals surface area contributed by atoms with Gasteiger partial charge in [-0.25, -0.2) is 4.98 Å². The molecule has 1 aliphatic rings. The van der Waals surface area contributed by atoms with Crippen LogP contribution in [0.2, 0.25) is 0 Å². The van der Waals surface area contributed by atoms with E-state index in [0.29, 0.717) is 32.2 Å². The summed E-state index contributed by atoms with van der Waals surface area (Å²) in [5, 5.41) is 17.7. The molecule has 1 aliphatic heterocycles. The lowest BCUT2D eigenvalue weighted by Crippen LogP contribution is -2.42. The number of H-pyrrole nitrogens is 1. The summed E-state index contributed by atoms with van der Waals surface area (Å²) in [4.78, 5) is 20.5. The van der Waals surface area contributed by atoms with Crippen LogP contribution >= 0.6 is 0 Å². The van der Waals surface area contributed by atoms with Crippen molar-refractivity contribution in [3.05, 3.63) is 71.8 Å². The van der Waals surface area contributed by atoms with Gasteiger partial charge in [0, 0.05) is 49.7 Å². The zero-order chi connectivity index (χ0) is 27.0. The fraction of sp³-hybridized carbons (Fsp3) is 0.345. The van der Waals surface area contributed by atoms with E-state index in [1.165, 1.54) is 0 Å². The largest absolute Gasteiger partial charge is 0.383 e. The number of nitrogens with zero attached hydrogens (tertiary/aromatic N) is 5. The van der Waals surface area contributed by atoms with Crippen LogP contribution in [0, 0.1) is 6.92 Å². The highest BCUT2D eigenvalue weighted by Crippen LogP contribution is 2.32. The Hall–Kier alpha value is -4.15. The minimum Gasteiger partial charge on any atom is -0.383 e. The maximum Gasteiger partial charge on any atom is 0.228 e. The minimum absolute atomic E-state index is 0.0945. The molecule has 0 aliphatic carbocycles. The smallest absolute Gasteiger partial charge is 0.228 e. The van der Waals surface area contributed by atoms with E-state index in [9.17, 15) is 4.79 Å². The number of anilines is 2. The van der Waals surface area contributed by atoms with Crippen molar-refractivity contribution < 1.29 is 14.3 Å². The molecule has 1 fully saturated rings. The summed E-state index contributed by atoms with van der Waals surface area (Å²) in [5.41, 5.74) is 5.17. The standard InChI is InChI=1S/C29H33N7O3/c1-20-7-9-22(10-8-20)30-28(37)19-21-17-26(24-5-3-4-6-25(24)29-32-34-35-33-29)31-27(18-21)36(13-16-38-2)23-11-14-39-15-12-23/h3-10,17-18,23H,11-16,19H2,1-2H3,(H,30,37)(H,32,33,34,35). The Kier molecular flexibility index (Phi) is 8.55. The van der Waals surface area contributed by atoms with Crippen molar-refractivity contribution in [3.63, 3.8) is 0 Å². The number of aromatic amines is 1. The second-order valence-corrected chi connectivity index (χ2v) is 9.62. The van der Waals surface area contributed by atoms with E-state index in [1.54, 1.807) is 7.11 Å². The van der Waals surface area contributed by atoms with Crippen molar-refractivity contribution >= 4 is 17.4 Å². The van der Waals surface area contributed by atoms with Gasteiger partial charge in [-0.05, 0) is 54.8 Å². The van der Waals surface area contributed by atoms with Gasteiger partial charge in [0.05, 0.1) is 18.7 Å². The first kappa shape index (κ1) is 26.5. The van der Waals surface area contributed by atoms with Crippen molar-refractivity contribution in [2.24, 2.45) is 0 Å². The van der Waals surface area contributed by atoms with Crippen LogP contribution in [0.3, 0.4) is 0 Å². The zero-order valence-corrected chi connectivity index (χ0v) is 22.3. The SMILES string of the molecule is COCCN(c1cc(CC(=O)Nc2ccc(C)cc2)cc(-c2ccccc2-c2nn[nH]n2)n1)C1CCOCC1. The Morgan fingerprint density at radius 3 is 2.59 bits per heavy atom. The van der Waals surface area contributed by atoms with Gasteiger partial charge in [-0.15, -0.1) is 10.2 Å². The Labute approximate surface area is 227 Å². The van der Waals surface area contributed by atoms with Gasteiger partial charge >= 0.3 is 0 Å². The molecule has 2 N–H and O–H groups in total. The van der Waals surface area contributed by atoms with Gasteiger partial charge in [0.15, 0.2) is 0 Å². The number of hydrogen-bond acceptors (Lipinski definition) is 8. The molecule has 1 amide bonds. The molecular weight excluding hydrogens is 494 g/mol. The molecular formula is C29H33N7O3. The van der Waals surface area contributed by atoms with Gasteiger partial charge in [-0.1, -0.05) is 42.0 Å². The summed E-state index contributed by atoms with van der Waals surface area (Å²) in [6.07, 6.45) is 2.00. The van der Waals surface area contributed by atoms with Gasteiger partial charge in [-0.3, -0.25) is 4.79 Å². The molecule has 4 aromatic rings. The average Bonchev–Trinajstić information content (AvgIpc) is 3.50. The first-order valence-electron chi connectivity index (χ1n) is 13.1. The molecule has 39 heavy (non-hydrogen) atoms. The van der Waals surface area contributed by atoms with Crippen molar-refractivity contribution in [1.29, 1.82) is 0 Å². The van der Waals surface area contributed by atoms with Crippen molar-refractivity contribution in [3.8, 4) is 22.6 Å². The second kappa shape index (κ2) is 12.6. The van der Waals surface area contributed by atoms with Crippen molar-refractivity contribution in [1.82, 2.24) is 25.6 Å². The maximum absolute atomic E-state index is 13.1. The predicted molar refractivity (Wildman–Crippen MR) is 149 cm³/mol. The summed E-state index contributed by atoms with van der Waals surface area (Å²) >= 11 is 0. The second-order valence-electron chi connectivity index (χ2n) is 9.62. The minimum atomic E-state index is -0.0945. The molecule has 202 valence electrons. The number of rotatable bonds is 10. The lowest BCUT2D eigenvalue weighted by molar-refractivity contribution is -0.115. The number of ether oxygens (including phenoxy) is 2. The highest BCUT2D eigenvalue weighted by molar-refractivity contribution is 5.92. The molecule has 3 heterocycles. The Bertz CT molecular complexity index is 1370. The third-order valence-corrected chi connectivity index (χ3v) is 6.82. The van der Waals surface area contributed by atoms with Gasteiger partial charge in [-0.2, -0.15) is 5.21 Å². The van der Waals surface area contributed by atoms with E-state index in [4.69, 9.17) is 14.5 Å². The van der Waals surface area contributed by atoms with Crippen molar-refractivity contribution in [2.75, 3.05) is 43.7 Å². The number of aryl methyl sites for hydroxylation is 1. The lowest BCUT2D eigenvalue weighted by Gasteiger charge is -2.35. The first-order chi connectivity index (χ1) is 19.1. The van der Waals surface area contributed by atoms with Crippen LogP contribution in [0.15, 0.2) is 60.7 Å². The van der Waals surface area contributed by atoms with Gasteiger partial charge in [0.2, 0.25) is 11.7 Å². The maximum atomic E-state index is 13.1. The normalized spacial score (nSPS) is 13.8. The number of carbonyl (C=O) groups excluding carboxylic acids is 1. The third-order valence-electron chi connectivity index (χ3n) is 6.82. The summed E-state index contributed by atoms with van der Waals surface area (Å²) in [6, 6.07) is 19.9. The number of aromatic nitrogens is 5. The molecule has 0 saturated carbocycles. The Morgan fingerprint density at radius 2 is 1.87 bits per heavy atom. The molecule has 1 saturated heterocycles. The van der Waals surface area contributed by atoms with Crippen LogP contribution in [0.5, 0.6) is 0 Å². The first-order valence-corrected chi connectivity index (χ1v) is 13.1. The van der Waals surface area contributed by atoms with Crippen LogP contribution in [-0.4, -0.2) is 71.0 Å². The van der Waals surface area contributed by atoms with Crippen LogP contribution in [0.1, 0.15) is 24.0 Å². The van der Waals surface area contributed by atoms with Gasteiger partial charge in [0.25, 0.3) is 0 Å². The number of tetrazole rings is 1. The molecule has 10 nitrogen and oxygen atoms in total. The van der Waals surface area contributed by atoms with Crippen LogP contribution in [0.4, 0.5) is 11.5 Å². The summed E-state index contributed by atoms with van der Waals surface area (Å²) in [7, 11) is 1.70. The van der Waals surface area contributed by atoms with Crippen LogP contribution < -0.4 is 10.2 Å². The molecule has 5 rings (SSSR count). The monoisotopic (exact) mass is 527 g/mol. The number of hydrogen-bond donors (Lipinski definition) is 2. The molecule has 2 aromatic heterocycles. The fourth-order valence-electron chi connectivity index (χ4n) is 4.83. The summed E-state index contributed by atoms with van der Waals surface area (Å²) in [6.45, 7) is 4.68. The molecule has 2 aromatic carbocycles. The van der Waals surface area contributed by atoms with E-state index in [1.807, 2.05) is 67.6 Å².